The summed E-state index contributed by atoms with van der Waals surface area (Å²) in [5.41, 5.74) is 7.01. The van der Waals surface area contributed by atoms with E-state index in [1.54, 1.807) is 31.2 Å². The molecule has 21 heavy (non-hydrogen) atoms. The van der Waals surface area contributed by atoms with Crippen molar-refractivity contribution >= 4 is 11.6 Å². The minimum atomic E-state index is -0.360. The molecule has 0 aromatic heterocycles. The van der Waals surface area contributed by atoms with Gasteiger partial charge in [-0.15, -0.1) is 0 Å². The van der Waals surface area contributed by atoms with Gasteiger partial charge in [0.05, 0.1) is 0 Å². The summed E-state index contributed by atoms with van der Waals surface area (Å²) in [6.45, 7) is 2.53. The molecule has 4 nitrogen and oxygen atoms in total. The van der Waals surface area contributed by atoms with E-state index in [9.17, 15) is 9.18 Å². The number of hydrogen-bond acceptors (Lipinski definition) is 3. The fourth-order valence-electron chi connectivity index (χ4n) is 1.92. The normalized spacial score (nSPS) is 10.2. The van der Waals surface area contributed by atoms with Crippen LogP contribution in [0.2, 0.25) is 0 Å². The Hall–Kier alpha value is -2.40. The van der Waals surface area contributed by atoms with Crippen molar-refractivity contribution in [2.75, 3.05) is 18.5 Å². The first-order chi connectivity index (χ1) is 10.1. The molecule has 0 saturated heterocycles. The van der Waals surface area contributed by atoms with E-state index in [2.05, 4.69) is 5.32 Å². The van der Waals surface area contributed by atoms with Crippen molar-refractivity contribution in [3.05, 3.63) is 59.4 Å². The summed E-state index contributed by atoms with van der Waals surface area (Å²) in [4.78, 5) is 12.2. The molecule has 0 spiro atoms. The summed E-state index contributed by atoms with van der Waals surface area (Å²) in [6, 6.07) is 11.1. The van der Waals surface area contributed by atoms with Crippen molar-refractivity contribution in [2.24, 2.45) is 5.73 Å². The van der Waals surface area contributed by atoms with Gasteiger partial charge in [-0.05, 0) is 42.8 Å². The van der Waals surface area contributed by atoms with E-state index in [4.69, 9.17) is 10.5 Å². The summed E-state index contributed by atoms with van der Waals surface area (Å²) in [5.74, 6) is -0.0150. The number of carbonyl (C=O) groups excluding carboxylic acids is 1. The van der Waals surface area contributed by atoms with Crippen LogP contribution in [0.1, 0.15) is 15.9 Å². The van der Waals surface area contributed by atoms with E-state index in [1.165, 1.54) is 18.2 Å². The third-order valence-corrected chi connectivity index (χ3v) is 2.91. The Morgan fingerprint density at radius 3 is 2.81 bits per heavy atom. The first-order valence-electron chi connectivity index (χ1n) is 6.60. The van der Waals surface area contributed by atoms with Crippen molar-refractivity contribution in [1.29, 1.82) is 0 Å². The van der Waals surface area contributed by atoms with Gasteiger partial charge in [-0.2, -0.15) is 0 Å². The first kappa shape index (κ1) is 15.0. The maximum Gasteiger partial charge on any atom is 0.255 e. The van der Waals surface area contributed by atoms with Crippen LogP contribution in [0.25, 0.3) is 0 Å². The second-order valence-electron chi connectivity index (χ2n) is 4.58. The van der Waals surface area contributed by atoms with Crippen LogP contribution in [-0.2, 0) is 0 Å². The number of aryl methyl sites for hydroxylation is 1. The number of carbonyl (C=O) groups is 1. The minimum absolute atomic E-state index is 0.288. The highest BCUT2D eigenvalue weighted by molar-refractivity contribution is 6.05. The number of anilines is 1. The van der Waals surface area contributed by atoms with Gasteiger partial charge in [0.2, 0.25) is 0 Å². The Morgan fingerprint density at radius 1 is 1.29 bits per heavy atom. The minimum Gasteiger partial charge on any atom is -0.492 e. The average molecular weight is 288 g/mol. The molecule has 0 aliphatic heterocycles. The van der Waals surface area contributed by atoms with Crippen molar-refractivity contribution in [3.8, 4) is 5.75 Å². The highest BCUT2D eigenvalue weighted by atomic mass is 19.1. The number of halogens is 1. The van der Waals surface area contributed by atoms with Crippen molar-refractivity contribution in [2.45, 2.75) is 6.92 Å². The summed E-state index contributed by atoms with van der Waals surface area (Å²) in [7, 11) is 0. The average Bonchev–Trinajstić information content (AvgIpc) is 2.45. The lowest BCUT2D eigenvalue weighted by Gasteiger charge is -2.10. The van der Waals surface area contributed by atoms with Crippen LogP contribution in [0.4, 0.5) is 10.1 Å². The van der Waals surface area contributed by atoms with Crippen molar-refractivity contribution in [1.82, 2.24) is 0 Å². The third kappa shape index (κ3) is 4.03. The molecular weight excluding hydrogens is 271 g/mol. The van der Waals surface area contributed by atoms with Crippen molar-refractivity contribution in [3.63, 3.8) is 0 Å². The maximum absolute atomic E-state index is 13.1. The molecule has 0 heterocycles. The van der Waals surface area contributed by atoms with E-state index in [0.29, 0.717) is 35.7 Å². The van der Waals surface area contributed by atoms with Gasteiger partial charge in [-0.25, -0.2) is 4.39 Å². The monoisotopic (exact) mass is 288 g/mol. The summed E-state index contributed by atoms with van der Waals surface area (Å²) in [5, 5.41) is 2.76. The molecule has 0 saturated carbocycles. The zero-order chi connectivity index (χ0) is 15.2. The number of benzene rings is 2. The Balaban J connectivity index is 2.12. The number of hydrogen-bond donors (Lipinski definition) is 2. The van der Waals surface area contributed by atoms with E-state index >= 15 is 0 Å². The number of ether oxygens (including phenoxy) is 1. The second-order valence-corrected chi connectivity index (χ2v) is 4.58. The molecule has 5 heteroatoms. The van der Waals surface area contributed by atoms with Crippen LogP contribution >= 0.6 is 0 Å². The van der Waals surface area contributed by atoms with Crippen LogP contribution in [0, 0.1) is 12.7 Å². The molecule has 3 N–H and O–H groups in total. The quantitative estimate of drug-likeness (QED) is 0.889. The topological polar surface area (TPSA) is 64.3 Å². The Morgan fingerprint density at radius 2 is 2.10 bits per heavy atom. The fourth-order valence-corrected chi connectivity index (χ4v) is 1.92. The summed E-state index contributed by atoms with van der Waals surface area (Å²) in [6.07, 6.45) is 0. The number of amides is 1. The molecular formula is C16H17FN2O2. The van der Waals surface area contributed by atoms with Crippen LogP contribution in [0.3, 0.4) is 0 Å². The molecule has 2 rings (SSSR count). The SMILES string of the molecule is Cc1cc(F)ccc1C(=O)Nc1cccc(OCCN)c1. The lowest BCUT2D eigenvalue weighted by Crippen LogP contribution is -2.14. The molecule has 0 bridgehead atoms. The highest BCUT2D eigenvalue weighted by Crippen LogP contribution is 2.19. The molecule has 110 valence electrons. The van der Waals surface area contributed by atoms with Gasteiger partial charge in [0.1, 0.15) is 18.2 Å². The molecule has 0 aliphatic rings. The van der Waals surface area contributed by atoms with E-state index in [0.717, 1.165) is 0 Å². The molecule has 0 fully saturated rings. The Kier molecular flexibility index (Phi) is 4.90. The zero-order valence-electron chi connectivity index (χ0n) is 11.7. The molecule has 1 amide bonds. The molecule has 2 aromatic carbocycles. The van der Waals surface area contributed by atoms with Gasteiger partial charge < -0.3 is 15.8 Å². The summed E-state index contributed by atoms with van der Waals surface area (Å²) < 4.78 is 18.4. The largest absolute Gasteiger partial charge is 0.492 e. The predicted molar refractivity (Wildman–Crippen MR) is 80.1 cm³/mol. The van der Waals surface area contributed by atoms with Crippen LogP contribution < -0.4 is 15.8 Å². The highest BCUT2D eigenvalue weighted by Gasteiger charge is 2.10. The molecule has 0 aliphatic carbocycles. The van der Waals surface area contributed by atoms with Gasteiger partial charge in [-0.3, -0.25) is 4.79 Å². The third-order valence-electron chi connectivity index (χ3n) is 2.91. The van der Waals surface area contributed by atoms with Gasteiger partial charge in [-0.1, -0.05) is 6.07 Å². The van der Waals surface area contributed by atoms with Crippen LogP contribution in [-0.4, -0.2) is 19.1 Å². The summed E-state index contributed by atoms with van der Waals surface area (Å²) >= 11 is 0. The van der Waals surface area contributed by atoms with Crippen LogP contribution in [0.15, 0.2) is 42.5 Å². The molecule has 2 aromatic rings. The molecule has 0 unspecified atom stereocenters. The lowest BCUT2D eigenvalue weighted by molar-refractivity contribution is 0.102. The molecule has 0 radical (unpaired) electrons. The second kappa shape index (κ2) is 6.85. The zero-order valence-corrected chi connectivity index (χ0v) is 11.7. The maximum atomic E-state index is 13.1. The number of nitrogens with two attached hydrogens (primary N) is 1. The van der Waals surface area contributed by atoms with Gasteiger partial charge >= 0.3 is 0 Å². The number of rotatable bonds is 5. The first-order valence-corrected chi connectivity index (χ1v) is 6.60. The number of nitrogens with one attached hydrogen (secondary N) is 1. The molecule has 0 atom stereocenters. The fraction of sp³-hybridized carbons (Fsp3) is 0.188. The van der Waals surface area contributed by atoms with E-state index in [-0.39, 0.29) is 11.7 Å². The van der Waals surface area contributed by atoms with Gasteiger partial charge in [0, 0.05) is 23.9 Å². The van der Waals surface area contributed by atoms with Gasteiger partial charge in [0.15, 0.2) is 0 Å². The van der Waals surface area contributed by atoms with E-state index < -0.39 is 0 Å². The Labute approximate surface area is 122 Å². The lowest BCUT2D eigenvalue weighted by atomic mass is 10.1. The van der Waals surface area contributed by atoms with Crippen LogP contribution in [0.5, 0.6) is 5.75 Å². The Bertz CT molecular complexity index is 644. The van der Waals surface area contributed by atoms with Gasteiger partial charge in [0.25, 0.3) is 5.91 Å². The van der Waals surface area contributed by atoms with Crippen molar-refractivity contribution < 1.29 is 13.9 Å². The van der Waals surface area contributed by atoms with E-state index in [1.807, 2.05) is 0 Å². The smallest absolute Gasteiger partial charge is 0.255 e. The standard InChI is InChI=1S/C16H17FN2O2/c1-11-9-12(17)5-6-15(11)16(20)19-13-3-2-4-14(10-13)21-8-7-18/h2-6,9-10H,7-8,18H2,1H3,(H,19,20). The predicted octanol–water partition coefficient (Wildman–Crippen LogP) is 2.72.